The molecule has 1 aromatic heterocycles. The minimum absolute atomic E-state index is 0.192. The number of methoxy groups -OCH3 is 1. The fourth-order valence-corrected chi connectivity index (χ4v) is 4.48. The van der Waals surface area contributed by atoms with Gasteiger partial charge in [-0.1, -0.05) is 84.9 Å². The van der Waals surface area contributed by atoms with Crippen molar-refractivity contribution >= 4 is 22.8 Å². The summed E-state index contributed by atoms with van der Waals surface area (Å²) < 4.78 is 17.3. The number of hydrogen-bond acceptors (Lipinski definition) is 6. The Hall–Kier alpha value is -5.17. The average molecular weight is 547 g/mol. The summed E-state index contributed by atoms with van der Waals surface area (Å²) in [5.74, 6) is 0.153. The summed E-state index contributed by atoms with van der Waals surface area (Å²) in [4.78, 5) is 30.4. The van der Waals surface area contributed by atoms with Crippen molar-refractivity contribution in [1.82, 2.24) is 10.3 Å². The molecular weight excluding hydrogens is 516 g/mol. The maximum Gasteiger partial charge on any atom is 0.328 e. The number of hydrogen-bond donors (Lipinski definition) is 1. The molecule has 1 N–H and O–H groups in total. The zero-order valence-electron chi connectivity index (χ0n) is 22.7. The van der Waals surface area contributed by atoms with E-state index >= 15 is 0 Å². The number of benzene rings is 4. The molecule has 0 aliphatic rings. The second kappa shape index (κ2) is 13.3. The standard InChI is InChI=1S/C34H30N2O5/c1-39-34(38)29(36-33(37)28-16-8-14-27-15-9-19-35-32(27)28)20-26-17-18-30(40-22-24-10-4-2-5-11-24)31(21-26)41-23-25-12-6-3-7-13-25/h2-19,21,29H,20,22-23H2,1H3,(H,36,37)/t29-/m1/s1. The summed E-state index contributed by atoms with van der Waals surface area (Å²) in [7, 11) is 1.30. The quantitative estimate of drug-likeness (QED) is 0.207. The average Bonchev–Trinajstić information content (AvgIpc) is 3.03. The number of esters is 1. The molecule has 0 fully saturated rings. The second-order valence-corrected chi connectivity index (χ2v) is 9.46. The van der Waals surface area contributed by atoms with E-state index in [2.05, 4.69) is 10.3 Å². The molecule has 5 aromatic rings. The zero-order valence-corrected chi connectivity index (χ0v) is 22.7. The van der Waals surface area contributed by atoms with Gasteiger partial charge < -0.3 is 19.5 Å². The number of fused-ring (bicyclic) bond motifs is 1. The van der Waals surface area contributed by atoms with Crippen LogP contribution in [0.3, 0.4) is 0 Å². The van der Waals surface area contributed by atoms with E-state index in [0.29, 0.717) is 35.8 Å². The summed E-state index contributed by atoms with van der Waals surface area (Å²) in [6.07, 6.45) is 1.83. The molecule has 0 radical (unpaired) electrons. The van der Waals surface area contributed by atoms with Gasteiger partial charge in [-0.3, -0.25) is 9.78 Å². The highest BCUT2D eigenvalue weighted by Crippen LogP contribution is 2.31. The molecule has 7 nitrogen and oxygen atoms in total. The molecule has 206 valence electrons. The van der Waals surface area contributed by atoms with E-state index in [9.17, 15) is 9.59 Å². The van der Waals surface area contributed by atoms with Crippen LogP contribution in [-0.2, 0) is 29.2 Å². The van der Waals surface area contributed by atoms with Crippen molar-refractivity contribution in [2.75, 3.05) is 7.11 Å². The van der Waals surface area contributed by atoms with E-state index in [-0.39, 0.29) is 6.42 Å². The normalized spacial score (nSPS) is 11.4. The van der Waals surface area contributed by atoms with Gasteiger partial charge in [0.25, 0.3) is 5.91 Å². The number of pyridine rings is 1. The van der Waals surface area contributed by atoms with Crippen LogP contribution in [-0.4, -0.2) is 30.0 Å². The van der Waals surface area contributed by atoms with Gasteiger partial charge >= 0.3 is 5.97 Å². The first-order chi connectivity index (χ1) is 20.1. The van der Waals surface area contributed by atoms with Crippen molar-refractivity contribution in [1.29, 1.82) is 0 Å². The van der Waals surface area contributed by atoms with E-state index in [1.165, 1.54) is 7.11 Å². The van der Waals surface area contributed by atoms with Gasteiger partial charge in [0, 0.05) is 18.0 Å². The van der Waals surface area contributed by atoms with Crippen molar-refractivity contribution < 1.29 is 23.8 Å². The van der Waals surface area contributed by atoms with Crippen LogP contribution in [0.4, 0.5) is 0 Å². The summed E-state index contributed by atoms with van der Waals surface area (Å²) in [6.45, 7) is 0.721. The Morgan fingerprint density at radius 2 is 1.39 bits per heavy atom. The molecule has 1 heterocycles. The molecule has 0 saturated carbocycles. The molecule has 0 unspecified atom stereocenters. The molecule has 1 atom stereocenters. The summed E-state index contributed by atoms with van der Waals surface area (Å²) in [5.41, 5.74) is 3.75. The van der Waals surface area contributed by atoms with E-state index < -0.39 is 17.9 Å². The van der Waals surface area contributed by atoms with E-state index in [0.717, 1.165) is 22.1 Å². The van der Waals surface area contributed by atoms with Crippen LogP contribution >= 0.6 is 0 Å². The molecule has 0 spiro atoms. The molecule has 0 aliphatic heterocycles. The Balaban J connectivity index is 1.37. The Bertz CT molecular complexity index is 1620. The molecule has 4 aromatic carbocycles. The molecule has 7 heteroatoms. The highest BCUT2D eigenvalue weighted by molar-refractivity contribution is 6.06. The first-order valence-corrected chi connectivity index (χ1v) is 13.3. The highest BCUT2D eigenvalue weighted by Gasteiger charge is 2.24. The number of ether oxygens (including phenoxy) is 3. The van der Waals surface area contributed by atoms with Gasteiger partial charge in [0.15, 0.2) is 11.5 Å². The van der Waals surface area contributed by atoms with Crippen molar-refractivity contribution in [3.8, 4) is 11.5 Å². The molecule has 0 aliphatic carbocycles. The first-order valence-electron chi connectivity index (χ1n) is 13.3. The minimum Gasteiger partial charge on any atom is -0.485 e. The summed E-state index contributed by atoms with van der Waals surface area (Å²) in [5, 5.41) is 3.67. The SMILES string of the molecule is COC(=O)[C@@H](Cc1ccc(OCc2ccccc2)c(OCc2ccccc2)c1)NC(=O)c1cccc2cccnc12. The Labute approximate surface area is 238 Å². The number of amides is 1. The predicted octanol–water partition coefficient (Wildman–Crippen LogP) is 5.91. The molecule has 1 amide bonds. The molecular formula is C34H30N2O5. The fourth-order valence-electron chi connectivity index (χ4n) is 4.48. The van der Waals surface area contributed by atoms with Crippen LogP contribution in [0.1, 0.15) is 27.0 Å². The lowest BCUT2D eigenvalue weighted by molar-refractivity contribution is -0.142. The molecule has 0 bridgehead atoms. The smallest absolute Gasteiger partial charge is 0.328 e. The van der Waals surface area contributed by atoms with Crippen molar-refractivity contribution in [2.24, 2.45) is 0 Å². The lowest BCUT2D eigenvalue weighted by Crippen LogP contribution is -2.43. The topological polar surface area (TPSA) is 86.8 Å². The Kier molecular flexibility index (Phi) is 8.86. The van der Waals surface area contributed by atoms with Gasteiger partial charge in [0.05, 0.1) is 18.2 Å². The summed E-state index contributed by atoms with van der Waals surface area (Å²) >= 11 is 0. The number of rotatable bonds is 11. The first kappa shape index (κ1) is 27.4. The zero-order chi connectivity index (χ0) is 28.4. The number of nitrogens with zero attached hydrogens (tertiary/aromatic N) is 1. The number of carbonyl (C=O) groups excluding carboxylic acids is 2. The Morgan fingerprint density at radius 3 is 2.07 bits per heavy atom. The van der Waals surface area contributed by atoms with E-state index in [1.807, 2.05) is 97.1 Å². The lowest BCUT2D eigenvalue weighted by atomic mass is 10.0. The minimum atomic E-state index is -0.926. The van der Waals surface area contributed by atoms with Crippen molar-refractivity contribution in [3.05, 3.63) is 138 Å². The largest absolute Gasteiger partial charge is 0.485 e. The van der Waals surface area contributed by atoms with Gasteiger partial charge in [-0.2, -0.15) is 0 Å². The number of nitrogens with one attached hydrogen (secondary N) is 1. The molecule has 0 saturated heterocycles. The van der Waals surface area contributed by atoms with E-state index in [1.54, 1.807) is 18.3 Å². The van der Waals surface area contributed by atoms with Gasteiger partial charge in [-0.05, 0) is 41.0 Å². The number of para-hydroxylation sites is 1. The maximum absolute atomic E-state index is 13.3. The lowest BCUT2D eigenvalue weighted by Gasteiger charge is -2.19. The maximum atomic E-state index is 13.3. The van der Waals surface area contributed by atoms with Crippen LogP contribution in [0.2, 0.25) is 0 Å². The molecule has 5 rings (SSSR count). The van der Waals surface area contributed by atoms with Gasteiger partial charge in [-0.15, -0.1) is 0 Å². The van der Waals surface area contributed by atoms with Gasteiger partial charge in [0.2, 0.25) is 0 Å². The second-order valence-electron chi connectivity index (χ2n) is 9.46. The third-order valence-electron chi connectivity index (χ3n) is 6.59. The van der Waals surface area contributed by atoms with E-state index in [4.69, 9.17) is 14.2 Å². The van der Waals surface area contributed by atoms with Crippen LogP contribution in [0.5, 0.6) is 11.5 Å². The summed E-state index contributed by atoms with van der Waals surface area (Å²) in [6, 6.07) is 33.4. The van der Waals surface area contributed by atoms with Crippen molar-refractivity contribution in [2.45, 2.75) is 25.7 Å². The monoisotopic (exact) mass is 546 g/mol. The van der Waals surface area contributed by atoms with Gasteiger partial charge in [0.1, 0.15) is 19.3 Å². The molecule has 41 heavy (non-hydrogen) atoms. The third-order valence-corrected chi connectivity index (χ3v) is 6.59. The number of aromatic nitrogens is 1. The Morgan fingerprint density at radius 1 is 0.732 bits per heavy atom. The predicted molar refractivity (Wildman–Crippen MR) is 157 cm³/mol. The third kappa shape index (κ3) is 7.08. The van der Waals surface area contributed by atoms with Crippen LogP contribution < -0.4 is 14.8 Å². The van der Waals surface area contributed by atoms with Crippen LogP contribution in [0, 0.1) is 0 Å². The van der Waals surface area contributed by atoms with Crippen LogP contribution in [0.25, 0.3) is 10.9 Å². The van der Waals surface area contributed by atoms with Gasteiger partial charge in [-0.25, -0.2) is 4.79 Å². The number of carbonyl (C=O) groups is 2. The van der Waals surface area contributed by atoms with Crippen LogP contribution in [0.15, 0.2) is 115 Å². The highest BCUT2D eigenvalue weighted by atomic mass is 16.5. The fraction of sp³-hybridized carbons (Fsp3) is 0.147. The van der Waals surface area contributed by atoms with Crippen molar-refractivity contribution in [3.63, 3.8) is 0 Å².